The van der Waals surface area contributed by atoms with E-state index >= 15 is 0 Å². The molecule has 0 aromatic heterocycles. The highest BCUT2D eigenvalue weighted by Crippen LogP contribution is 2.40. The predicted molar refractivity (Wildman–Crippen MR) is 183 cm³/mol. The molecule has 0 heterocycles. The van der Waals surface area contributed by atoms with Crippen LogP contribution >= 0.6 is 0 Å². The first-order chi connectivity index (χ1) is 20.3. The van der Waals surface area contributed by atoms with Crippen LogP contribution in [0.25, 0.3) is 0 Å². The van der Waals surface area contributed by atoms with E-state index in [0.717, 1.165) is 25.7 Å². The van der Waals surface area contributed by atoms with Crippen molar-refractivity contribution in [2.45, 2.75) is 183 Å². The van der Waals surface area contributed by atoms with Crippen LogP contribution in [-0.4, -0.2) is 70.3 Å². The average molecular weight is 609 g/mol. The summed E-state index contributed by atoms with van der Waals surface area (Å²) in [6, 6.07) is 0. The van der Waals surface area contributed by atoms with E-state index in [1.165, 1.54) is 77.0 Å². The summed E-state index contributed by atoms with van der Waals surface area (Å²) in [7, 11) is 0. The molecule has 6 heteroatoms. The Morgan fingerprint density at radius 1 is 0.262 bits per heavy atom. The van der Waals surface area contributed by atoms with Gasteiger partial charge in [0.05, 0.1) is 0 Å². The van der Waals surface area contributed by atoms with E-state index in [0.29, 0.717) is 38.5 Å². The third kappa shape index (κ3) is 34.3. The van der Waals surface area contributed by atoms with Gasteiger partial charge in [0.2, 0.25) is 0 Å². The highest BCUT2D eigenvalue weighted by molar-refractivity contribution is 4.82. The van der Waals surface area contributed by atoms with Crippen molar-refractivity contribution >= 4 is 0 Å². The Balaban J connectivity index is -0.000000322. The summed E-state index contributed by atoms with van der Waals surface area (Å²) < 4.78 is 0. The number of hydrogen-bond acceptors (Lipinski definition) is 6. The summed E-state index contributed by atoms with van der Waals surface area (Å²) in [6.45, 7) is 13.7. The van der Waals surface area contributed by atoms with Gasteiger partial charge in [0.25, 0.3) is 0 Å². The normalized spacial score (nSPS) is 11.1. The Morgan fingerprint density at radius 2 is 0.429 bits per heavy atom. The minimum Gasteiger partial charge on any atom is -0.396 e. The Kier molecular flexibility index (Phi) is 47.2. The zero-order chi connectivity index (χ0) is 32.8. The number of rotatable bonds is 26. The summed E-state index contributed by atoms with van der Waals surface area (Å²) in [5.41, 5.74) is -0.461. The molecule has 260 valence electrons. The SMILES string of the molecule is CCCCCC.CCCCCC.CCCCCC.OCCC(CCO)(CCO)CCCCC(CCO)(CCO)CCO. The highest BCUT2D eigenvalue weighted by atomic mass is 16.3. The molecule has 0 amide bonds. The van der Waals surface area contributed by atoms with E-state index in [1.54, 1.807) is 0 Å². The largest absolute Gasteiger partial charge is 0.396 e. The van der Waals surface area contributed by atoms with Gasteiger partial charge < -0.3 is 30.6 Å². The lowest BCUT2D eigenvalue weighted by atomic mass is 9.72. The second kappa shape index (κ2) is 40.8. The van der Waals surface area contributed by atoms with Crippen molar-refractivity contribution in [3.05, 3.63) is 0 Å². The van der Waals surface area contributed by atoms with Crippen molar-refractivity contribution in [1.29, 1.82) is 0 Å². The van der Waals surface area contributed by atoms with Crippen LogP contribution < -0.4 is 0 Å². The minimum atomic E-state index is -0.230. The third-order valence-corrected chi connectivity index (χ3v) is 8.39. The number of aliphatic hydroxyl groups is 6. The van der Waals surface area contributed by atoms with E-state index < -0.39 is 0 Å². The topological polar surface area (TPSA) is 121 Å². The van der Waals surface area contributed by atoms with E-state index in [-0.39, 0.29) is 50.5 Å². The van der Waals surface area contributed by atoms with Crippen molar-refractivity contribution in [1.82, 2.24) is 0 Å². The maximum atomic E-state index is 9.30. The van der Waals surface area contributed by atoms with Gasteiger partial charge in [-0.3, -0.25) is 0 Å². The maximum Gasteiger partial charge on any atom is 0.0436 e. The number of aliphatic hydroxyl groups excluding tert-OH is 6. The predicted octanol–water partition coefficient (Wildman–Crippen LogP) is 8.57. The molecule has 0 fully saturated rings. The zero-order valence-corrected chi connectivity index (χ0v) is 29.5. The lowest BCUT2D eigenvalue weighted by Gasteiger charge is -2.35. The van der Waals surface area contributed by atoms with Crippen LogP contribution in [0.3, 0.4) is 0 Å². The van der Waals surface area contributed by atoms with Gasteiger partial charge in [-0.1, -0.05) is 131 Å². The average Bonchev–Trinajstić information content (AvgIpc) is 2.98. The number of hydrogen-bond donors (Lipinski definition) is 6. The lowest BCUT2D eigenvalue weighted by molar-refractivity contribution is 0.0753. The smallest absolute Gasteiger partial charge is 0.0436 e. The maximum absolute atomic E-state index is 9.30. The van der Waals surface area contributed by atoms with E-state index in [4.69, 9.17) is 0 Å². The van der Waals surface area contributed by atoms with E-state index in [2.05, 4.69) is 41.5 Å². The molecule has 0 spiro atoms. The molecular weight excluding hydrogens is 528 g/mol. The molecule has 0 aromatic carbocycles. The molecule has 0 unspecified atom stereocenters. The molecule has 0 aliphatic heterocycles. The van der Waals surface area contributed by atoms with Crippen molar-refractivity contribution < 1.29 is 30.6 Å². The van der Waals surface area contributed by atoms with Crippen LogP contribution in [0.5, 0.6) is 0 Å². The molecule has 0 saturated heterocycles. The van der Waals surface area contributed by atoms with Crippen molar-refractivity contribution in [2.24, 2.45) is 10.8 Å². The highest BCUT2D eigenvalue weighted by Gasteiger charge is 2.30. The Morgan fingerprint density at radius 3 is 0.548 bits per heavy atom. The summed E-state index contributed by atoms with van der Waals surface area (Å²) in [5, 5.41) is 55.8. The van der Waals surface area contributed by atoms with Crippen LogP contribution in [-0.2, 0) is 0 Å². The summed E-state index contributed by atoms with van der Waals surface area (Å²) in [6.07, 6.45) is 23.5. The summed E-state index contributed by atoms with van der Waals surface area (Å²) in [4.78, 5) is 0. The van der Waals surface area contributed by atoms with Crippen molar-refractivity contribution in [3.63, 3.8) is 0 Å². The first kappa shape index (κ1) is 48.7. The van der Waals surface area contributed by atoms with Crippen LogP contribution in [0.4, 0.5) is 0 Å². The fourth-order valence-corrected chi connectivity index (χ4v) is 5.42. The molecular formula is C36H80O6. The molecule has 0 aliphatic carbocycles. The standard InChI is InChI=1S/C18H38O6.3C6H14/c19-11-5-17(6-12-20,7-13-21)3-1-2-4-18(8-14-22,9-15-23)10-16-24;3*1-3-5-6-4-2/h19-24H,1-16H2;3*3-6H2,1-2H3. The van der Waals surface area contributed by atoms with Gasteiger partial charge in [-0.05, 0) is 62.2 Å². The van der Waals surface area contributed by atoms with Gasteiger partial charge in [-0.15, -0.1) is 0 Å². The van der Waals surface area contributed by atoms with Gasteiger partial charge in [0.15, 0.2) is 0 Å². The molecule has 0 atom stereocenters. The Hall–Kier alpha value is -0.240. The van der Waals surface area contributed by atoms with Crippen LogP contribution in [0.1, 0.15) is 183 Å². The third-order valence-electron chi connectivity index (χ3n) is 8.39. The van der Waals surface area contributed by atoms with Gasteiger partial charge in [0.1, 0.15) is 0 Å². The first-order valence-electron chi connectivity index (χ1n) is 18.0. The fraction of sp³-hybridized carbons (Fsp3) is 1.00. The zero-order valence-electron chi connectivity index (χ0n) is 29.5. The van der Waals surface area contributed by atoms with Crippen LogP contribution in [0, 0.1) is 10.8 Å². The van der Waals surface area contributed by atoms with Gasteiger partial charge in [-0.2, -0.15) is 0 Å². The molecule has 0 aliphatic rings. The lowest BCUT2D eigenvalue weighted by Crippen LogP contribution is -2.27. The molecule has 0 saturated carbocycles. The molecule has 0 radical (unpaired) electrons. The van der Waals surface area contributed by atoms with Crippen molar-refractivity contribution in [3.8, 4) is 0 Å². The Labute approximate surface area is 263 Å². The molecule has 6 nitrogen and oxygen atoms in total. The second-order valence-corrected chi connectivity index (χ2v) is 12.2. The van der Waals surface area contributed by atoms with Crippen molar-refractivity contribution in [2.75, 3.05) is 39.6 Å². The van der Waals surface area contributed by atoms with Gasteiger partial charge >= 0.3 is 0 Å². The monoisotopic (exact) mass is 609 g/mol. The fourth-order valence-electron chi connectivity index (χ4n) is 5.42. The van der Waals surface area contributed by atoms with E-state index in [9.17, 15) is 30.6 Å². The molecule has 0 rings (SSSR count). The van der Waals surface area contributed by atoms with Gasteiger partial charge in [-0.25, -0.2) is 0 Å². The van der Waals surface area contributed by atoms with Crippen LogP contribution in [0.2, 0.25) is 0 Å². The summed E-state index contributed by atoms with van der Waals surface area (Å²) >= 11 is 0. The first-order valence-corrected chi connectivity index (χ1v) is 18.0. The van der Waals surface area contributed by atoms with Gasteiger partial charge in [0, 0.05) is 39.6 Å². The van der Waals surface area contributed by atoms with Crippen LogP contribution in [0.15, 0.2) is 0 Å². The molecule has 0 bridgehead atoms. The minimum absolute atomic E-state index is 0.0451. The quantitative estimate of drug-likeness (QED) is 0.0547. The number of unbranched alkanes of at least 4 members (excludes halogenated alkanes) is 10. The Bertz CT molecular complexity index is 354. The summed E-state index contributed by atoms with van der Waals surface area (Å²) in [5.74, 6) is 0. The second-order valence-electron chi connectivity index (χ2n) is 12.2. The van der Waals surface area contributed by atoms with E-state index in [1.807, 2.05) is 0 Å². The molecule has 42 heavy (non-hydrogen) atoms. The molecule has 0 aromatic rings. The molecule has 6 N–H and O–H groups in total.